The molecule has 0 bridgehead atoms. The van der Waals surface area contributed by atoms with E-state index in [0.717, 1.165) is 11.3 Å². The van der Waals surface area contributed by atoms with Crippen molar-refractivity contribution in [3.63, 3.8) is 0 Å². The largest absolute Gasteiger partial charge is 0.467 e. The Labute approximate surface area is 118 Å². The van der Waals surface area contributed by atoms with Gasteiger partial charge in [0.05, 0.1) is 30.1 Å². The minimum absolute atomic E-state index is 0.0806. The van der Waals surface area contributed by atoms with Gasteiger partial charge in [0.1, 0.15) is 0 Å². The smallest absolute Gasteiger partial charge is 0.336 e. The maximum absolute atomic E-state index is 12.2. The van der Waals surface area contributed by atoms with Crippen molar-refractivity contribution in [2.24, 2.45) is 0 Å². The van der Waals surface area contributed by atoms with E-state index in [9.17, 15) is 19.7 Å². The molecule has 0 radical (unpaired) electrons. The summed E-state index contributed by atoms with van der Waals surface area (Å²) in [5.41, 5.74) is 0. The molecule has 8 nitrogen and oxygen atoms in total. The van der Waals surface area contributed by atoms with Crippen molar-refractivity contribution in [3.05, 3.63) is 27.1 Å². The first-order chi connectivity index (χ1) is 9.52. The molecule has 0 aliphatic carbocycles. The molecule has 0 aromatic carbocycles. The predicted molar refractivity (Wildman–Crippen MR) is 68.6 cm³/mol. The second-order valence-corrected chi connectivity index (χ2v) is 5.09. The summed E-state index contributed by atoms with van der Waals surface area (Å²) >= 11 is 0.811. The summed E-state index contributed by atoms with van der Waals surface area (Å²) < 4.78 is 9.79. The zero-order valence-electron chi connectivity index (χ0n) is 10.6. The Bertz CT molecular complexity index is 543. The fourth-order valence-electron chi connectivity index (χ4n) is 1.80. The third-order valence-electron chi connectivity index (χ3n) is 2.80. The Balaban J connectivity index is 2.08. The molecule has 108 valence electrons. The molecule has 1 unspecified atom stereocenters. The van der Waals surface area contributed by atoms with Crippen molar-refractivity contribution >= 4 is 28.2 Å². The van der Waals surface area contributed by atoms with E-state index in [1.54, 1.807) is 0 Å². The Kier molecular flexibility index (Phi) is 4.30. The van der Waals surface area contributed by atoms with Gasteiger partial charge in [-0.1, -0.05) is 11.3 Å². The van der Waals surface area contributed by atoms with E-state index >= 15 is 0 Å². The number of ether oxygens (including phenoxy) is 2. The lowest BCUT2D eigenvalue weighted by molar-refractivity contribution is -0.380. The SMILES string of the molecule is COC(=O)C1CN(C(=O)c2ccc([N+](=O)[O-])s2)CCO1. The van der Waals surface area contributed by atoms with Crippen molar-refractivity contribution in [3.8, 4) is 0 Å². The molecule has 1 amide bonds. The lowest BCUT2D eigenvalue weighted by atomic mass is 10.2. The number of carbonyl (C=O) groups is 2. The quantitative estimate of drug-likeness (QED) is 0.462. The number of hydrogen-bond donors (Lipinski definition) is 0. The van der Waals surface area contributed by atoms with Crippen LogP contribution in [0.4, 0.5) is 5.00 Å². The number of carbonyl (C=O) groups excluding carboxylic acids is 2. The van der Waals surface area contributed by atoms with Crippen LogP contribution in [0.1, 0.15) is 9.67 Å². The number of nitrogens with zero attached hydrogens (tertiary/aromatic N) is 2. The molecule has 1 aromatic rings. The molecule has 1 aliphatic rings. The first-order valence-corrected chi connectivity index (χ1v) is 6.57. The summed E-state index contributed by atoms with van der Waals surface area (Å²) in [6.07, 6.45) is -0.812. The van der Waals surface area contributed by atoms with Crippen LogP contribution < -0.4 is 0 Å². The van der Waals surface area contributed by atoms with Crippen molar-refractivity contribution < 1.29 is 24.0 Å². The number of methoxy groups -OCH3 is 1. The number of rotatable bonds is 3. The minimum atomic E-state index is -0.812. The standard InChI is InChI=1S/C11H12N2O6S/c1-18-11(15)7-6-12(4-5-19-7)10(14)8-2-3-9(20-8)13(16)17/h2-3,7H,4-6H2,1H3. The summed E-state index contributed by atoms with van der Waals surface area (Å²) in [6, 6.07) is 2.70. The zero-order valence-corrected chi connectivity index (χ0v) is 11.4. The molecule has 9 heteroatoms. The van der Waals surface area contributed by atoms with Crippen LogP contribution in [0.2, 0.25) is 0 Å². The minimum Gasteiger partial charge on any atom is -0.467 e. The molecule has 1 fully saturated rings. The Hall–Kier alpha value is -2.00. The van der Waals surface area contributed by atoms with Crippen LogP contribution in [0.25, 0.3) is 0 Å². The van der Waals surface area contributed by atoms with Crippen molar-refractivity contribution in [1.29, 1.82) is 0 Å². The fraction of sp³-hybridized carbons (Fsp3) is 0.455. The highest BCUT2D eigenvalue weighted by Crippen LogP contribution is 2.25. The van der Waals surface area contributed by atoms with Crippen LogP contribution in [0.5, 0.6) is 0 Å². The van der Waals surface area contributed by atoms with Crippen LogP contribution in [0, 0.1) is 10.1 Å². The Morgan fingerprint density at radius 3 is 2.90 bits per heavy atom. The lowest BCUT2D eigenvalue weighted by Crippen LogP contribution is -2.48. The van der Waals surface area contributed by atoms with Crippen molar-refractivity contribution in [2.75, 3.05) is 26.8 Å². The Morgan fingerprint density at radius 1 is 1.55 bits per heavy atom. The van der Waals surface area contributed by atoms with Crippen LogP contribution in [0.15, 0.2) is 12.1 Å². The van der Waals surface area contributed by atoms with E-state index < -0.39 is 17.0 Å². The predicted octanol–water partition coefficient (Wildman–Crippen LogP) is 0.670. The molecule has 20 heavy (non-hydrogen) atoms. The van der Waals surface area contributed by atoms with Crippen molar-refractivity contribution in [2.45, 2.75) is 6.10 Å². The lowest BCUT2D eigenvalue weighted by Gasteiger charge is -2.31. The molecule has 2 rings (SSSR count). The van der Waals surface area contributed by atoms with Crippen LogP contribution in [0.3, 0.4) is 0 Å². The van der Waals surface area contributed by atoms with E-state index in [1.807, 2.05) is 0 Å². The van der Waals surface area contributed by atoms with Gasteiger partial charge in [0.25, 0.3) is 5.91 Å². The number of thiophene rings is 1. The highest BCUT2D eigenvalue weighted by atomic mass is 32.1. The summed E-state index contributed by atoms with van der Waals surface area (Å²) in [4.78, 5) is 35.3. The van der Waals surface area contributed by atoms with Gasteiger partial charge in [-0.15, -0.1) is 0 Å². The summed E-state index contributed by atoms with van der Waals surface area (Å²) in [6.45, 7) is 0.633. The van der Waals surface area contributed by atoms with Crippen LogP contribution in [-0.4, -0.2) is 54.6 Å². The maximum atomic E-state index is 12.2. The normalized spacial score (nSPS) is 18.6. The van der Waals surface area contributed by atoms with Gasteiger partial charge < -0.3 is 14.4 Å². The van der Waals surface area contributed by atoms with Crippen LogP contribution >= 0.6 is 11.3 Å². The highest BCUT2D eigenvalue weighted by molar-refractivity contribution is 7.17. The van der Waals surface area contributed by atoms with E-state index in [0.29, 0.717) is 6.54 Å². The van der Waals surface area contributed by atoms with Crippen LogP contribution in [-0.2, 0) is 14.3 Å². The number of esters is 1. The summed E-state index contributed by atoms with van der Waals surface area (Å²) in [7, 11) is 1.25. The number of morpholine rings is 1. The molecule has 1 aromatic heterocycles. The second-order valence-electron chi connectivity index (χ2n) is 4.03. The van der Waals surface area contributed by atoms with E-state index in [2.05, 4.69) is 4.74 Å². The van der Waals surface area contributed by atoms with E-state index in [1.165, 1.54) is 24.1 Å². The molecule has 2 heterocycles. The summed E-state index contributed by atoms with van der Waals surface area (Å²) in [5.74, 6) is -0.889. The first kappa shape index (κ1) is 14.4. The average Bonchev–Trinajstić information content (AvgIpc) is 2.95. The average molecular weight is 300 g/mol. The molecule has 1 atom stereocenters. The molecule has 1 saturated heterocycles. The number of amides is 1. The number of hydrogen-bond acceptors (Lipinski definition) is 7. The van der Waals surface area contributed by atoms with E-state index in [-0.39, 0.29) is 28.9 Å². The van der Waals surface area contributed by atoms with Gasteiger partial charge in [0.2, 0.25) is 0 Å². The third kappa shape index (κ3) is 2.94. The topological polar surface area (TPSA) is 99.0 Å². The first-order valence-electron chi connectivity index (χ1n) is 5.76. The van der Waals surface area contributed by atoms with E-state index in [4.69, 9.17) is 4.74 Å². The number of nitro groups is 1. The van der Waals surface area contributed by atoms with Gasteiger partial charge >= 0.3 is 11.0 Å². The molecular formula is C11H12N2O6S. The van der Waals surface area contributed by atoms with Gasteiger partial charge in [-0.05, 0) is 6.07 Å². The van der Waals surface area contributed by atoms with Gasteiger partial charge in [0.15, 0.2) is 6.10 Å². The third-order valence-corrected chi connectivity index (χ3v) is 3.83. The second kappa shape index (κ2) is 5.97. The molecular weight excluding hydrogens is 288 g/mol. The maximum Gasteiger partial charge on any atom is 0.336 e. The zero-order chi connectivity index (χ0) is 14.7. The molecule has 0 saturated carbocycles. The monoisotopic (exact) mass is 300 g/mol. The van der Waals surface area contributed by atoms with Gasteiger partial charge in [-0.2, -0.15) is 0 Å². The molecule has 0 N–H and O–H groups in total. The fourth-order valence-corrected chi connectivity index (χ4v) is 2.59. The van der Waals surface area contributed by atoms with Gasteiger partial charge in [-0.25, -0.2) is 4.79 Å². The highest BCUT2D eigenvalue weighted by Gasteiger charge is 2.31. The molecule has 0 spiro atoms. The molecule has 1 aliphatic heterocycles. The van der Waals surface area contributed by atoms with Gasteiger partial charge in [0, 0.05) is 12.6 Å². The van der Waals surface area contributed by atoms with Crippen molar-refractivity contribution in [1.82, 2.24) is 4.90 Å². The van der Waals surface area contributed by atoms with Gasteiger partial charge in [-0.3, -0.25) is 14.9 Å². The Morgan fingerprint density at radius 2 is 2.30 bits per heavy atom. The summed E-state index contributed by atoms with van der Waals surface area (Å²) in [5, 5.41) is 10.5.